The SMILES string of the molecule is CCCC[C@H](CC(=O)NO)C(=O)N1CC2(CC2)C[C@H]1C(=O)Nc1ccncn1. The quantitative estimate of drug-likeness (QED) is 0.457. The van der Waals surface area contributed by atoms with Gasteiger partial charge in [-0.2, -0.15) is 0 Å². The van der Waals surface area contributed by atoms with E-state index >= 15 is 0 Å². The summed E-state index contributed by atoms with van der Waals surface area (Å²) in [4.78, 5) is 47.3. The summed E-state index contributed by atoms with van der Waals surface area (Å²) >= 11 is 0. The minimum absolute atomic E-state index is 0.0257. The van der Waals surface area contributed by atoms with Gasteiger partial charge in [0.15, 0.2) is 0 Å². The largest absolute Gasteiger partial charge is 0.330 e. The highest BCUT2D eigenvalue weighted by molar-refractivity contribution is 5.98. The zero-order valence-electron chi connectivity index (χ0n) is 16.1. The van der Waals surface area contributed by atoms with E-state index in [0.717, 1.165) is 25.7 Å². The molecule has 3 rings (SSSR count). The van der Waals surface area contributed by atoms with Crippen molar-refractivity contribution in [3.8, 4) is 0 Å². The number of unbranched alkanes of at least 4 members (excludes halogenated alkanes) is 1. The van der Waals surface area contributed by atoms with E-state index in [4.69, 9.17) is 5.21 Å². The van der Waals surface area contributed by atoms with Gasteiger partial charge in [0, 0.05) is 25.1 Å². The van der Waals surface area contributed by atoms with E-state index in [1.165, 1.54) is 12.5 Å². The third-order valence-electron chi connectivity index (χ3n) is 5.70. The molecule has 1 spiro atoms. The fourth-order valence-corrected chi connectivity index (χ4v) is 3.90. The number of carbonyl (C=O) groups excluding carboxylic acids is 3. The Labute approximate surface area is 163 Å². The van der Waals surface area contributed by atoms with Gasteiger partial charge in [0.25, 0.3) is 0 Å². The smallest absolute Gasteiger partial charge is 0.248 e. The molecule has 28 heavy (non-hydrogen) atoms. The number of nitrogens with one attached hydrogen (secondary N) is 2. The third kappa shape index (κ3) is 4.64. The molecule has 1 saturated carbocycles. The van der Waals surface area contributed by atoms with Crippen molar-refractivity contribution in [1.82, 2.24) is 20.3 Å². The molecule has 2 heterocycles. The van der Waals surface area contributed by atoms with Crippen LogP contribution in [-0.2, 0) is 14.4 Å². The number of aromatic nitrogens is 2. The first-order chi connectivity index (χ1) is 13.5. The summed E-state index contributed by atoms with van der Waals surface area (Å²) in [5.74, 6) is -1.20. The van der Waals surface area contributed by atoms with Crippen molar-refractivity contribution < 1.29 is 19.6 Å². The fourth-order valence-electron chi connectivity index (χ4n) is 3.90. The van der Waals surface area contributed by atoms with Crippen molar-refractivity contribution in [2.75, 3.05) is 11.9 Å². The second-order valence-corrected chi connectivity index (χ2v) is 7.85. The lowest BCUT2D eigenvalue weighted by Crippen LogP contribution is -2.46. The normalized spacial score (nSPS) is 20.6. The fraction of sp³-hybridized carbons (Fsp3) is 0.632. The van der Waals surface area contributed by atoms with Crippen molar-refractivity contribution in [3.05, 3.63) is 18.6 Å². The summed E-state index contributed by atoms with van der Waals surface area (Å²) < 4.78 is 0. The van der Waals surface area contributed by atoms with Crippen molar-refractivity contribution in [2.45, 2.75) is 57.9 Å². The Balaban J connectivity index is 1.74. The van der Waals surface area contributed by atoms with Crippen LogP contribution < -0.4 is 10.8 Å². The van der Waals surface area contributed by atoms with E-state index in [9.17, 15) is 14.4 Å². The van der Waals surface area contributed by atoms with Crippen LogP contribution in [0, 0.1) is 11.3 Å². The van der Waals surface area contributed by atoms with Gasteiger partial charge in [0.2, 0.25) is 17.7 Å². The number of carbonyl (C=O) groups is 3. The van der Waals surface area contributed by atoms with Gasteiger partial charge in [-0.3, -0.25) is 19.6 Å². The Bertz CT molecular complexity index is 722. The molecule has 2 aliphatic rings. The first kappa shape index (κ1) is 20.2. The first-order valence-electron chi connectivity index (χ1n) is 9.78. The van der Waals surface area contributed by atoms with Gasteiger partial charge in [-0.15, -0.1) is 0 Å². The Kier molecular flexibility index (Phi) is 6.23. The lowest BCUT2D eigenvalue weighted by molar-refractivity contribution is -0.143. The van der Waals surface area contributed by atoms with Gasteiger partial charge >= 0.3 is 0 Å². The molecule has 0 bridgehead atoms. The molecule has 1 aliphatic heterocycles. The number of anilines is 1. The van der Waals surface area contributed by atoms with Gasteiger partial charge < -0.3 is 10.2 Å². The van der Waals surface area contributed by atoms with E-state index in [1.807, 2.05) is 6.92 Å². The zero-order valence-corrected chi connectivity index (χ0v) is 16.1. The molecule has 1 aliphatic carbocycles. The van der Waals surface area contributed by atoms with Crippen molar-refractivity contribution in [3.63, 3.8) is 0 Å². The summed E-state index contributed by atoms with van der Waals surface area (Å²) in [5.41, 5.74) is 1.64. The number of rotatable bonds is 8. The number of hydrogen-bond donors (Lipinski definition) is 3. The Morgan fingerprint density at radius 2 is 2.18 bits per heavy atom. The molecular formula is C19H27N5O4. The maximum absolute atomic E-state index is 13.2. The van der Waals surface area contributed by atoms with Gasteiger partial charge in [-0.05, 0) is 37.2 Å². The Hall–Kier alpha value is -2.55. The monoisotopic (exact) mass is 389 g/mol. The molecule has 2 fully saturated rings. The summed E-state index contributed by atoms with van der Waals surface area (Å²) in [7, 11) is 0. The topological polar surface area (TPSA) is 125 Å². The molecule has 2 atom stereocenters. The van der Waals surface area contributed by atoms with Crippen LogP contribution >= 0.6 is 0 Å². The Morgan fingerprint density at radius 3 is 2.79 bits per heavy atom. The van der Waals surface area contributed by atoms with Crippen molar-refractivity contribution in [2.24, 2.45) is 11.3 Å². The average Bonchev–Trinajstić information content (AvgIpc) is 3.35. The van der Waals surface area contributed by atoms with Gasteiger partial charge in [-0.1, -0.05) is 19.8 Å². The van der Waals surface area contributed by atoms with Crippen LogP contribution in [0.15, 0.2) is 18.6 Å². The van der Waals surface area contributed by atoms with Crippen molar-refractivity contribution >= 4 is 23.5 Å². The Morgan fingerprint density at radius 1 is 1.39 bits per heavy atom. The van der Waals surface area contributed by atoms with E-state index < -0.39 is 17.9 Å². The van der Waals surface area contributed by atoms with E-state index in [0.29, 0.717) is 25.2 Å². The van der Waals surface area contributed by atoms with Crippen LogP contribution in [-0.4, -0.2) is 50.4 Å². The molecule has 3 amide bonds. The zero-order chi connectivity index (χ0) is 20.1. The third-order valence-corrected chi connectivity index (χ3v) is 5.70. The highest BCUT2D eigenvalue weighted by atomic mass is 16.5. The predicted molar refractivity (Wildman–Crippen MR) is 100 cm³/mol. The van der Waals surface area contributed by atoms with Crippen LogP contribution in [0.1, 0.15) is 51.9 Å². The van der Waals surface area contributed by atoms with Crippen LogP contribution in [0.2, 0.25) is 0 Å². The number of nitrogens with zero attached hydrogens (tertiary/aromatic N) is 3. The molecule has 1 aromatic rings. The lowest BCUT2D eigenvalue weighted by atomic mass is 9.96. The molecule has 152 valence electrons. The molecule has 9 nitrogen and oxygen atoms in total. The van der Waals surface area contributed by atoms with Crippen LogP contribution in [0.5, 0.6) is 0 Å². The van der Waals surface area contributed by atoms with Crippen LogP contribution in [0.4, 0.5) is 5.82 Å². The molecule has 1 saturated heterocycles. The van der Waals surface area contributed by atoms with E-state index in [1.54, 1.807) is 16.4 Å². The predicted octanol–water partition coefficient (Wildman–Crippen LogP) is 1.50. The van der Waals surface area contributed by atoms with Crippen molar-refractivity contribution in [1.29, 1.82) is 0 Å². The standard InChI is InChI=1S/C19H27N5O4/c1-2-3-4-13(9-16(25)23-28)18(27)24-11-19(6-7-19)10-14(24)17(26)22-15-5-8-20-12-21-15/h5,8,12-14,28H,2-4,6-7,9-11H2,1H3,(H,23,25)(H,20,21,22,26)/t13-,14+/m1/s1. The van der Waals surface area contributed by atoms with Crippen LogP contribution in [0.25, 0.3) is 0 Å². The molecule has 0 radical (unpaired) electrons. The van der Waals surface area contributed by atoms with Gasteiger partial charge in [-0.25, -0.2) is 15.4 Å². The van der Waals surface area contributed by atoms with Crippen LogP contribution in [0.3, 0.4) is 0 Å². The maximum Gasteiger partial charge on any atom is 0.248 e. The minimum Gasteiger partial charge on any atom is -0.330 e. The number of hydroxylamine groups is 1. The maximum atomic E-state index is 13.2. The average molecular weight is 389 g/mol. The van der Waals surface area contributed by atoms with Gasteiger partial charge in [0.1, 0.15) is 18.2 Å². The number of amides is 3. The first-order valence-corrected chi connectivity index (χ1v) is 9.78. The summed E-state index contributed by atoms with van der Waals surface area (Å²) in [6, 6.07) is 1.02. The second kappa shape index (κ2) is 8.64. The molecule has 3 N–H and O–H groups in total. The molecule has 1 aromatic heterocycles. The highest BCUT2D eigenvalue weighted by Gasteiger charge is 2.55. The van der Waals surface area contributed by atoms with Gasteiger partial charge in [0.05, 0.1) is 0 Å². The molecule has 9 heteroatoms. The summed E-state index contributed by atoms with van der Waals surface area (Å²) in [5, 5.41) is 11.6. The minimum atomic E-state index is -0.586. The summed E-state index contributed by atoms with van der Waals surface area (Å²) in [6.45, 7) is 2.55. The van der Waals surface area contributed by atoms with E-state index in [-0.39, 0.29) is 23.7 Å². The molecule has 0 aromatic carbocycles. The molecular weight excluding hydrogens is 362 g/mol. The summed E-state index contributed by atoms with van der Waals surface area (Å²) in [6.07, 6.45) is 7.68. The van der Waals surface area contributed by atoms with E-state index in [2.05, 4.69) is 15.3 Å². The number of likely N-dealkylation sites (tertiary alicyclic amines) is 1. The lowest BCUT2D eigenvalue weighted by Gasteiger charge is -2.28. The molecule has 0 unspecified atom stereocenters. The number of hydrogen-bond acceptors (Lipinski definition) is 6. The highest BCUT2D eigenvalue weighted by Crippen LogP contribution is 2.55. The second-order valence-electron chi connectivity index (χ2n) is 7.85.